The van der Waals surface area contributed by atoms with Crippen molar-refractivity contribution in [3.8, 4) is 0 Å². The highest BCUT2D eigenvalue weighted by atomic mass is 16.1. The molecule has 0 radical (unpaired) electrons. The predicted molar refractivity (Wildman–Crippen MR) is 83.9 cm³/mol. The van der Waals surface area contributed by atoms with Gasteiger partial charge in [0.05, 0.1) is 0 Å². The number of hydrogen-bond donors (Lipinski definition) is 2. The van der Waals surface area contributed by atoms with E-state index in [-0.39, 0.29) is 5.91 Å². The van der Waals surface area contributed by atoms with Crippen molar-refractivity contribution in [3.63, 3.8) is 0 Å². The summed E-state index contributed by atoms with van der Waals surface area (Å²) in [6.07, 6.45) is 6.76. The molecule has 0 aliphatic heterocycles. The highest BCUT2D eigenvalue weighted by Gasteiger charge is 2.48. The minimum atomic E-state index is 0.0548. The van der Waals surface area contributed by atoms with E-state index in [2.05, 4.69) is 5.32 Å². The van der Waals surface area contributed by atoms with Gasteiger partial charge in [-0.05, 0) is 80.4 Å². The van der Waals surface area contributed by atoms with E-state index in [9.17, 15) is 4.79 Å². The monoisotopic (exact) mass is 284 g/mol. The molecule has 5 rings (SSSR count). The lowest BCUT2D eigenvalue weighted by Gasteiger charge is -2.54. The second-order valence-electron chi connectivity index (χ2n) is 7.50. The van der Waals surface area contributed by atoms with Gasteiger partial charge in [-0.15, -0.1) is 0 Å². The quantitative estimate of drug-likeness (QED) is 0.820. The number of rotatable bonds is 2. The summed E-state index contributed by atoms with van der Waals surface area (Å²) >= 11 is 0. The summed E-state index contributed by atoms with van der Waals surface area (Å²) in [5.74, 6) is 3.37. The summed E-state index contributed by atoms with van der Waals surface area (Å²) in [4.78, 5) is 12.5. The molecule has 3 N–H and O–H groups in total. The number of hydrogen-bond acceptors (Lipinski definition) is 2. The predicted octanol–water partition coefficient (Wildman–Crippen LogP) is 3.13. The summed E-state index contributed by atoms with van der Waals surface area (Å²) in [6, 6.07) is 6.02. The maximum absolute atomic E-state index is 12.5. The Bertz CT molecular complexity index is 553. The number of aryl methyl sites for hydroxylation is 1. The molecule has 1 amide bonds. The van der Waals surface area contributed by atoms with E-state index < -0.39 is 0 Å². The highest BCUT2D eigenvalue weighted by Crippen LogP contribution is 2.53. The number of anilines is 1. The second kappa shape index (κ2) is 4.75. The van der Waals surface area contributed by atoms with Gasteiger partial charge in [0, 0.05) is 17.3 Å². The van der Waals surface area contributed by atoms with Crippen LogP contribution in [0.3, 0.4) is 0 Å². The van der Waals surface area contributed by atoms with Gasteiger partial charge in [0.25, 0.3) is 5.91 Å². The number of nitrogen functional groups attached to an aromatic ring is 1. The maximum Gasteiger partial charge on any atom is 0.251 e. The van der Waals surface area contributed by atoms with Crippen LogP contribution in [0.25, 0.3) is 0 Å². The van der Waals surface area contributed by atoms with Crippen molar-refractivity contribution in [1.82, 2.24) is 5.32 Å². The smallest absolute Gasteiger partial charge is 0.251 e. The van der Waals surface area contributed by atoms with Gasteiger partial charge >= 0.3 is 0 Å². The number of carbonyl (C=O) groups excluding carboxylic acids is 1. The first-order chi connectivity index (χ1) is 10.1. The minimum absolute atomic E-state index is 0.0548. The molecule has 4 bridgehead atoms. The Hall–Kier alpha value is -1.51. The van der Waals surface area contributed by atoms with Gasteiger partial charge in [-0.3, -0.25) is 4.79 Å². The molecule has 0 aromatic heterocycles. The van der Waals surface area contributed by atoms with Crippen LogP contribution in [-0.2, 0) is 0 Å². The third-order valence-electron chi connectivity index (χ3n) is 6.07. The molecule has 0 unspecified atom stereocenters. The van der Waals surface area contributed by atoms with Gasteiger partial charge in [0.1, 0.15) is 0 Å². The minimum Gasteiger partial charge on any atom is -0.398 e. The van der Waals surface area contributed by atoms with Crippen molar-refractivity contribution in [2.75, 3.05) is 5.73 Å². The van der Waals surface area contributed by atoms with E-state index in [0.29, 0.717) is 29.1 Å². The molecule has 4 aliphatic carbocycles. The summed E-state index contributed by atoms with van der Waals surface area (Å²) in [5, 5.41) is 3.33. The van der Waals surface area contributed by atoms with E-state index >= 15 is 0 Å². The molecule has 3 heteroatoms. The van der Waals surface area contributed by atoms with Crippen molar-refractivity contribution >= 4 is 11.6 Å². The Kier molecular flexibility index (Phi) is 2.98. The lowest BCUT2D eigenvalue weighted by atomic mass is 9.54. The van der Waals surface area contributed by atoms with Crippen molar-refractivity contribution in [1.29, 1.82) is 0 Å². The van der Waals surface area contributed by atoms with Crippen LogP contribution in [0, 0.1) is 30.6 Å². The summed E-state index contributed by atoms with van der Waals surface area (Å²) in [6.45, 7) is 1.97. The summed E-state index contributed by atoms with van der Waals surface area (Å²) in [5.41, 5.74) is 8.36. The van der Waals surface area contributed by atoms with Crippen molar-refractivity contribution in [2.45, 2.75) is 45.1 Å². The van der Waals surface area contributed by atoms with Crippen molar-refractivity contribution in [2.24, 2.45) is 23.7 Å². The van der Waals surface area contributed by atoms with Gasteiger partial charge in [0.15, 0.2) is 0 Å². The Labute approximate surface area is 126 Å². The Morgan fingerprint density at radius 3 is 2.29 bits per heavy atom. The van der Waals surface area contributed by atoms with Crippen LogP contribution in [0.15, 0.2) is 18.2 Å². The van der Waals surface area contributed by atoms with Gasteiger partial charge in [0.2, 0.25) is 0 Å². The molecule has 1 aromatic carbocycles. The lowest BCUT2D eigenvalue weighted by Crippen LogP contribution is -2.55. The lowest BCUT2D eigenvalue weighted by molar-refractivity contribution is -0.0119. The fraction of sp³-hybridized carbons (Fsp3) is 0.611. The second-order valence-corrected chi connectivity index (χ2v) is 7.50. The molecule has 4 aliphatic rings. The SMILES string of the molecule is Cc1ccc(C(=O)NC2C3CC4CC(C3)CC2C4)cc1N. The Balaban J connectivity index is 1.50. The van der Waals surface area contributed by atoms with E-state index in [0.717, 1.165) is 17.4 Å². The van der Waals surface area contributed by atoms with Crippen LogP contribution in [0.4, 0.5) is 5.69 Å². The van der Waals surface area contributed by atoms with Gasteiger partial charge < -0.3 is 11.1 Å². The molecule has 4 saturated carbocycles. The number of nitrogens with two attached hydrogens (primary N) is 1. The third kappa shape index (κ3) is 2.23. The van der Waals surface area contributed by atoms with Gasteiger partial charge in [-0.1, -0.05) is 6.07 Å². The molecular formula is C18H24N2O. The fourth-order valence-electron chi connectivity index (χ4n) is 5.18. The van der Waals surface area contributed by atoms with Crippen LogP contribution >= 0.6 is 0 Å². The zero-order chi connectivity index (χ0) is 14.6. The zero-order valence-electron chi connectivity index (χ0n) is 12.6. The molecular weight excluding hydrogens is 260 g/mol. The van der Waals surface area contributed by atoms with Crippen LogP contribution < -0.4 is 11.1 Å². The normalized spacial score (nSPS) is 36.7. The van der Waals surface area contributed by atoms with E-state index in [1.165, 1.54) is 32.1 Å². The first kappa shape index (κ1) is 13.2. The first-order valence-corrected chi connectivity index (χ1v) is 8.27. The molecule has 21 heavy (non-hydrogen) atoms. The average molecular weight is 284 g/mol. The molecule has 0 saturated heterocycles. The summed E-state index contributed by atoms with van der Waals surface area (Å²) < 4.78 is 0. The fourth-order valence-corrected chi connectivity index (χ4v) is 5.18. The van der Waals surface area contributed by atoms with Crippen LogP contribution in [0.1, 0.15) is 48.0 Å². The molecule has 0 spiro atoms. The van der Waals surface area contributed by atoms with E-state index in [1.54, 1.807) is 6.07 Å². The number of benzene rings is 1. The Morgan fingerprint density at radius 1 is 1.10 bits per heavy atom. The number of nitrogens with one attached hydrogen (secondary N) is 1. The molecule has 1 aromatic rings. The molecule has 3 nitrogen and oxygen atoms in total. The van der Waals surface area contributed by atoms with Gasteiger partial charge in [-0.25, -0.2) is 0 Å². The molecule has 112 valence electrons. The molecule has 0 heterocycles. The van der Waals surface area contributed by atoms with Crippen molar-refractivity contribution < 1.29 is 4.79 Å². The standard InChI is InChI=1S/C18H24N2O/c1-10-2-3-13(9-16(10)19)18(21)20-17-14-5-11-4-12(7-14)8-15(17)6-11/h2-3,9,11-12,14-15,17H,4-8,19H2,1H3,(H,20,21). The van der Waals surface area contributed by atoms with E-state index in [4.69, 9.17) is 5.73 Å². The largest absolute Gasteiger partial charge is 0.398 e. The zero-order valence-corrected chi connectivity index (χ0v) is 12.6. The topological polar surface area (TPSA) is 55.1 Å². The van der Waals surface area contributed by atoms with Crippen LogP contribution in [0.2, 0.25) is 0 Å². The molecule has 0 atom stereocenters. The van der Waals surface area contributed by atoms with Crippen LogP contribution in [0.5, 0.6) is 0 Å². The molecule has 4 fully saturated rings. The first-order valence-electron chi connectivity index (χ1n) is 8.27. The summed E-state index contributed by atoms with van der Waals surface area (Å²) in [7, 11) is 0. The van der Waals surface area contributed by atoms with E-state index in [1.807, 2.05) is 19.1 Å². The Morgan fingerprint density at radius 2 is 1.71 bits per heavy atom. The number of carbonyl (C=O) groups is 1. The number of amides is 1. The van der Waals surface area contributed by atoms with Crippen molar-refractivity contribution in [3.05, 3.63) is 29.3 Å². The third-order valence-corrected chi connectivity index (χ3v) is 6.07. The average Bonchev–Trinajstić information content (AvgIpc) is 2.45. The highest BCUT2D eigenvalue weighted by molar-refractivity contribution is 5.95. The van der Waals surface area contributed by atoms with Crippen LogP contribution in [-0.4, -0.2) is 11.9 Å². The van der Waals surface area contributed by atoms with Gasteiger partial charge in [-0.2, -0.15) is 0 Å². The maximum atomic E-state index is 12.5.